The Morgan fingerprint density at radius 3 is 2.42 bits per heavy atom. The van der Waals surface area contributed by atoms with E-state index in [9.17, 15) is 12.9 Å². The van der Waals surface area contributed by atoms with Crippen molar-refractivity contribution in [1.29, 1.82) is 0 Å². The summed E-state index contributed by atoms with van der Waals surface area (Å²) in [5.74, 6) is 0.392. The van der Waals surface area contributed by atoms with Gasteiger partial charge in [-0.1, -0.05) is 5.57 Å². The molecule has 0 aromatic carbocycles. The van der Waals surface area contributed by atoms with E-state index < -0.39 is 6.98 Å². The molecule has 1 rings (SSSR count). The number of halogens is 3. The Hall–Kier alpha value is 1.19. The Morgan fingerprint density at radius 1 is 1.50 bits per heavy atom. The molecule has 0 radical (unpaired) electrons. The van der Waals surface area contributed by atoms with Crippen LogP contribution in [0, 0.1) is 0 Å². The topological polar surface area (TPSA) is 9.23 Å². The molecule has 0 N–H and O–H groups in total. The molecular formula is C6H9BF3KO. The van der Waals surface area contributed by atoms with Crippen molar-refractivity contribution in [2.75, 3.05) is 6.61 Å². The molecule has 1 atom stereocenters. The van der Waals surface area contributed by atoms with Crippen molar-refractivity contribution in [1.82, 2.24) is 0 Å². The van der Waals surface area contributed by atoms with Crippen LogP contribution in [0.5, 0.6) is 0 Å². The van der Waals surface area contributed by atoms with Crippen LogP contribution in [-0.2, 0) is 4.74 Å². The van der Waals surface area contributed by atoms with Gasteiger partial charge in [-0.2, -0.15) is 0 Å². The second-order valence-corrected chi connectivity index (χ2v) is 2.78. The fourth-order valence-electron chi connectivity index (χ4n) is 1.12. The molecule has 1 fully saturated rings. The van der Waals surface area contributed by atoms with Crippen molar-refractivity contribution in [3.63, 3.8) is 0 Å². The van der Waals surface area contributed by atoms with Gasteiger partial charge in [-0.15, -0.1) is 5.98 Å². The zero-order chi connectivity index (χ0) is 8.48. The van der Waals surface area contributed by atoms with Crippen molar-refractivity contribution >= 4 is 6.98 Å². The van der Waals surface area contributed by atoms with E-state index in [4.69, 9.17) is 4.74 Å². The Kier molecular flexibility index (Phi) is 5.68. The summed E-state index contributed by atoms with van der Waals surface area (Å²) in [6, 6.07) is 0. The second kappa shape index (κ2) is 5.17. The van der Waals surface area contributed by atoms with Gasteiger partial charge in [0.05, 0.1) is 12.7 Å². The van der Waals surface area contributed by atoms with E-state index in [0.29, 0.717) is 18.0 Å². The first-order chi connectivity index (χ1) is 4.97. The zero-order valence-electron chi connectivity index (χ0n) is 7.19. The summed E-state index contributed by atoms with van der Waals surface area (Å²) in [5.41, 5.74) is 0.366. The first-order valence-electron chi connectivity index (χ1n) is 3.49. The molecule has 1 aliphatic rings. The largest absolute Gasteiger partial charge is 1.00 e. The Morgan fingerprint density at radius 2 is 2.08 bits per heavy atom. The van der Waals surface area contributed by atoms with E-state index in [1.54, 1.807) is 6.92 Å². The molecule has 0 spiro atoms. The third kappa shape index (κ3) is 5.04. The Balaban J connectivity index is 0.00000121. The second-order valence-electron chi connectivity index (χ2n) is 2.78. The first kappa shape index (κ1) is 13.2. The van der Waals surface area contributed by atoms with E-state index in [1.807, 2.05) is 0 Å². The molecule has 0 amide bonds. The van der Waals surface area contributed by atoms with E-state index in [-0.39, 0.29) is 64.1 Å². The van der Waals surface area contributed by atoms with E-state index in [2.05, 4.69) is 0 Å². The van der Waals surface area contributed by atoms with Gasteiger partial charge in [0.1, 0.15) is 0 Å². The normalized spacial score (nSPS) is 27.3. The van der Waals surface area contributed by atoms with Crippen molar-refractivity contribution in [3.8, 4) is 0 Å². The minimum atomic E-state index is -4.78. The molecular weight excluding hydrogens is 195 g/mol. The molecule has 1 heterocycles. The van der Waals surface area contributed by atoms with Crippen LogP contribution in [0.3, 0.4) is 0 Å². The number of ether oxygens (including phenoxy) is 1. The summed E-state index contributed by atoms with van der Waals surface area (Å²) in [5, 5.41) is 0. The molecule has 1 aliphatic heterocycles. The fourth-order valence-corrected chi connectivity index (χ4v) is 1.12. The van der Waals surface area contributed by atoms with Crippen LogP contribution < -0.4 is 51.4 Å². The monoisotopic (exact) mass is 204 g/mol. The van der Waals surface area contributed by atoms with E-state index in [0.717, 1.165) is 0 Å². The van der Waals surface area contributed by atoms with Gasteiger partial charge in [0.25, 0.3) is 0 Å². The van der Waals surface area contributed by atoms with Crippen LogP contribution in [0.4, 0.5) is 12.9 Å². The molecule has 0 bridgehead atoms. The van der Waals surface area contributed by atoms with Crippen molar-refractivity contribution < 1.29 is 69.1 Å². The summed E-state index contributed by atoms with van der Waals surface area (Å²) >= 11 is 0. The van der Waals surface area contributed by atoms with Gasteiger partial charge >= 0.3 is 58.4 Å². The van der Waals surface area contributed by atoms with Crippen LogP contribution in [-0.4, -0.2) is 19.7 Å². The molecule has 12 heavy (non-hydrogen) atoms. The van der Waals surface area contributed by atoms with E-state index in [1.165, 1.54) is 0 Å². The zero-order valence-corrected chi connectivity index (χ0v) is 10.3. The standard InChI is InChI=1S/C6H9BF3O.K/c1-5-2-6(4-11-5)3-7(8,9)10;/h3,5H,2,4H2,1H3;/q-1;+1/b6-3+;. The third-order valence-electron chi connectivity index (χ3n) is 1.53. The average Bonchev–Trinajstić information content (AvgIpc) is 2.10. The fraction of sp³-hybridized carbons (Fsp3) is 0.667. The van der Waals surface area contributed by atoms with Crippen LogP contribution in [0.25, 0.3) is 0 Å². The number of rotatable bonds is 1. The predicted octanol–water partition coefficient (Wildman–Crippen LogP) is -0.888. The van der Waals surface area contributed by atoms with Gasteiger partial charge in [0.15, 0.2) is 0 Å². The molecule has 0 aromatic heterocycles. The first-order valence-corrected chi connectivity index (χ1v) is 3.49. The van der Waals surface area contributed by atoms with E-state index >= 15 is 0 Å². The van der Waals surface area contributed by atoms with Gasteiger partial charge in [0, 0.05) is 0 Å². The van der Waals surface area contributed by atoms with Crippen LogP contribution in [0.15, 0.2) is 11.5 Å². The Bertz CT molecular complexity index is 180. The maximum Gasteiger partial charge on any atom is 1.00 e. The molecule has 1 unspecified atom stereocenters. The predicted molar refractivity (Wildman–Crippen MR) is 37.2 cm³/mol. The van der Waals surface area contributed by atoms with Crippen molar-refractivity contribution in [3.05, 3.63) is 11.5 Å². The van der Waals surface area contributed by atoms with Gasteiger partial charge in [-0.05, 0) is 13.3 Å². The number of hydrogen-bond donors (Lipinski definition) is 0. The summed E-state index contributed by atoms with van der Waals surface area (Å²) in [6.45, 7) is -2.87. The quantitative estimate of drug-likeness (QED) is 0.503. The molecule has 1 nitrogen and oxygen atoms in total. The summed E-state index contributed by atoms with van der Waals surface area (Å²) in [6.07, 6.45) is 0.362. The molecule has 6 heteroatoms. The third-order valence-corrected chi connectivity index (χ3v) is 1.53. The minimum absolute atomic E-state index is 0. The summed E-state index contributed by atoms with van der Waals surface area (Å²) in [4.78, 5) is 0. The van der Waals surface area contributed by atoms with Crippen LogP contribution in [0.2, 0.25) is 0 Å². The molecule has 0 aromatic rings. The van der Waals surface area contributed by atoms with Gasteiger partial charge in [0.2, 0.25) is 0 Å². The minimum Gasteiger partial charge on any atom is -0.445 e. The maximum absolute atomic E-state index is 11.8. The number of hydrogen-bond acceptors (Lipinski definition) is 1. The van der Waals surface area contributed by atoms with Crippen LogP contribution in [0.1, 0.15) is 13.3 Å². The van der Waals surface area contributed by atoms with Crippen LogP contribution >= 0.6 is 0 Å². The molecule has 64 valence electrons. The van der Waals surface area contributed by atoms with Crippen molar-refractivity contribution in [2.45, 2.75) is 19.4 Å². The van der Waals surface area contributed by atoms with Gasteiger partial charge in [-0.25, -0.2) is 0 Å². The molecule has 0 saturated carbocycles. The van der Waals surface area contributed by atoms with Crippen molar-refractivity contribution in [2.24, 2.45) is 0 Å². The average molecular weight is 204 g/mol. The summed E-state index contributed by atoms with van der Waals surface area (Å²) < 4.78 is 40.2. The smallest absolute Gasteiger partial charge is 0.445 e. The van der Waals surface area contributed by atoms with Gasteiger partial charge < -0.3 is 17.7 Å². The summed E-state index contributed by atoms with van der Waals surface area (Å²) in [7, 11) is 0. The molecule has 0 aliphatic carbocycles. The SMILES string of the molecule is CC1C/C(=C\[B-](F)(F)F)CO1.[K+]. The molecule has 1 saturated heterocycles. The Labute approximate surface area is 112 Å². The van der Waals surface area contributed by atoms with Gasteiger partial charge in [-0.3, -0.25) is 0 Å². The maximum atomic E-state index is 11.8.